The van der Waals surface area contributed by atoms with Gasteiger partial charge in [-0.2, -0.15) is 0 Å². The molecule has 0 aromatic carbocycles. The first-order chi connectivity index (χ1) is 8.86. The highest BCUT2D eigenvalue weighted by Crippen LogP contribution is 2.31. The lowest BCUT2D eigenvalue weighted by Gasteiger charge is -2.36. The summed E-state index contributed by atoms with van der Waals surface area (Å²) in [5.74, 6) is 7.30. The van der Waals surface area contributed by atoms with Crippen molar-refractivity contribution in [2.24, 2.45) is 11.8 Å². The topological polar surface area (TPSA) is 56.5 Å². The summed E-state index contributed by atoms with van der Waals surface area (Å²) in [7, 11) is 1.78. The normalized spacial score (nSPS) is 25.1. The van der Waals surface area contributed by atoms with E-state index >= 15 is 0 Å². The van der Waals surface area contributed by atoms with Gasteiger partial charge in [0.1, 0.15) is 11.8 Å². The minimum Gasteiger partial charge on any atom is -0.496 e. The lowest BCUT2D eigenvalue weighted by Crippen LogP contribution is -2.50. The van der Waals surface area contributed by atoms with E-state index in [0.717, 1.165) is 25.2 Å². The van der Waals surface area contributed by atoms with Crippen molar-refractivity contribution >= 4 is 0 Å². The summed E-state index contributed by atoms with van der Waals surface area (Å²) in [6, 6.07) is -0.00148. The molecule has 1 saturated carbocycles. The number of hydrazine groups is 1. The Hall–Kier alpha value is -0.580. The molecule has 1 aliphatic heterocycles. The minimum absolute atomic E-state index is 0.00148. The maximum atomic E-state index is 5.74. The van der Waals surface area contributed by atoms with Crippen LogP contribution >= 0.6 is 0 Å². The minimum atomic E-state index is -0.00148. The Bertz CT molecular complexity index is 275. The second kappa shape index (κ2) is 7.12. The van der Waals surface area contributed by atoms with Crippen LogP contribution in [0.3, 0.4) is 0 Å². The molecule has 0 saturated heterocycles. The van der Waals surface area contributed by atoms with Crippen molar-refractivity contribution in [3.05, 3.63) is 11.8 Å². The average molecular weight is 254 g/mol. The van der Waals surface area contributed by atoms with Crippen LogP contribution in [0.1, 0.15) is 44.9 Å². The molecular formula is C14H26N2O2. The molecule has 0 spiro atoms. The Morgan fingerprint density at radius 3 is 2.67 bits per heavy atom. The number of ether oxygens (including phenoxy) is 2. The third kappa shape index (κ3) is 3.25. The van der Waals surface area contributed by atoms with Gasteiger partial charge in [-0.25, -0.2) is 5.43 Å². The Morgan fingerprint density at radius 2 is 2.11 bits per heavy atom. The summed E-state index contributed by atoms with van der Waals surface area (Å²) in [4.78, 5) is 0. The van der Waals surface area contributed by atoms with Gasteiger partial charge in [0.15, 0.2) is 0 Å². The fraction of sp³-hybridized carbons (Fsp3) is 0.857. The molecule has 4 nitrogen and oxygen atoms in total. The van der Waals surface area contributed by atoms with E-state index < -0.39 is 0 Å². The number of methoxy groups -OCH3 is 1. The van der Waals surface area contributed by atoms with E-state index in [1.807, 2.05) is 0 Å². The molecule has 104 valence electrons. The van der Waals surface area contributed by atoms with Gasteiger partial charge in [0.25, 0.3) is 0 Å². The third-order valence-corrected chi connectivity index (χ3v) is 4.16. The molecule has 1 fully saturated rings. The zero-order valence-electron chi connectivity index (χ0n) is 11.4. The first kappa shape index (κ1) is 13.8. The summed E-state index contributed by atoms with van der Waals surface area (Å²) in [5.41, 5.74) is 2.90. The highest BCUT2D eigenvalue weighted by atomic mass is 16.5. The maximum absolute atomic E-state index is 5.74. The van der Waals surface area contributed by atoms with Gasteiger partial charge in [0.2, 0.25) is 0 Å². The number of rotatable bonds is 5. The van der Waals surface area contributed by atoms with E-state index in [4.69, 9.17) is 15.3 Å². The molecule has 0 aromatic heterocycles. The van der Waals surface area contributed by atoms with Crippen LogP contribution in [-0.2, 0) is 9.47 Å². The van der Waals surface area contributed by atoms with E-state index in [9.17, 15) is 0 Å². The van der Waals surface area contributed by atoms with Gasteiger partial charge in [0, 0.05) is 7.11 Å². The molecule has 3 N–H and O–H groups in total. The van der Waals surface area contributed by atoms with Gasteiger partial charge < -0.3 is 9.47 Å². The summed E-state index contributed by atoms with van der Waals surface area (Å²) >= 11 is 0. The number of hydrogen-bond donors (Lipinski definition) is 2. The number of hydrogen-bond acceptors (Lipinski definition) is 4. The SMILES string of the molecule is COC(C1CCCCC1)C(NN)C1=CCCCO1. The van der Waals surface area contributed by atoms with Crippen molar-refractivity contribution in [2.45, 2.75) is 57.1 Å². The van der Waals surface area contributed by atoms with E-state index in [2.05, 4.69) is 11.5 Å². The second-order valence-electron chi connectivity index (χ2n) is 5.34. The largest absolute Gasteiger partial charge is 0.496 e. The third-order valence-electron chi connectivity index (χ3n) is 4.16. The van der Waals surface area contributed by atoms with Gasteiger partial charge in [-0.1, -0.05) is 19.3 Å². The summed E-state index contributed by atoms with van der Waals surface area (Å²) in [6.45, 7) is 0.797. The smallest absolute Gasteiger partial charge is 0.113 e. The molecule has 18 heavy (non-hydrogen) atoms. The first-order valence-electron chi connectivity index (χ1n) is 7.18. The van der Waals surface area contributed by atoms with Crippen LogP contribution < -0.4 is 11.3 Å². The van der Waals surface area contributed by atoms with Gasteiger partial charge in [-0.3, -0.25) is 5.84 Å². The predicted molar refractivity (Wildman–Crippen MR) is 71.8 cm³/mol. The van der Waals surface area contributed by atoms with Crippen molar-refractivity contribution < 1.29 is 9.47 Å². The van der Waals surface area contributed by atoms with Crippen LogP contribution in [0.4, 0.5) is 0 Å². The second-order valence-corrected chi connectivity index (χ2v) is 5.34. The highest BCUT2D eigenvalue weighted by Gasteiger charge is 2.33. The molecule has 1 heterocycles. The van der Waals surface area contributed by atoms with Crippen LogP contribution in [-0.4, -0.2) is 25.9 Å². The maximum Gasteiger partial charge on any atom is 0.113 e. The van der Waals surface area contributed by atoms with Gasteiger partial charge >= 0.3 is 0 Å². The van der Waals surface area contributed by atoms with Crippen molar-refractivity contribution in [2.75, 3.05) is 13.7 Å². The van der Waals surface area contributed by atoms with Crippen molar-refractivity contribution in [3.63, 3.8) is 0 Å². The molecule has 0 aromatic rings. The van der Waals surface area contributed by atoms with Gasteiger partial charge in [-0.05, 0) is 37.7 Å². The Kier molecular flexibility index (Phi) is 5.47. The van der Waals surface area contributed by atoms with Crippen molar-refractivity contribution in [1.82, 2.24) is 5.43 Å². The molecule has 0 bridgehead atoms. The van der Waals surface area contributed by atoms with E-state index in [-0.39, 0.29) is 12.1 Å². The average Bonchev–Trinajstić information content (AvgIpc) is 2.46. The van der Waals surface area contributed by atoms with Crippen LogP contribution in [0.2, 0.25) is 0 Å². The highest BCUT2D eigenvalue weighted by molar-refractivity contribution is 5.09. The number of nitrogens with two attached hydrogens (primary N) is 1. The Balaban J connectivity index is 2.04. The molecule has 2 rings (SSSR count). The fourth-order valence-electron chi connectivity index (χ4n) is 3.20. The van der Waals surface area contributed by atoms with E-state index in [1.165, 1.54) is 32.1 Å². The van der Waals surface area contributed by atoms with Crippen LogP contribution in [0.25, 0.3) is 0 Å². The molecule has 1 aliphatic carbocycles. The first-order valence-corrected chi connectivity index (χ1v) is 7.18. The molecular weight excluding hydrogens is 228 g/mol. The van der Waals surface area contributed by atoms with Crippen molar-refractivity contribution in [1.29, 1.82) is 0 Å². The molecule has 2 unspecified atom stereocenters. The summed E-state index contributed by atoms with van der Waals surface area (Å²) in [6.07, 6.45) is 10.9. The van der Waals surface area contributed by atoms with Crippen LogP contribution in [0, 0.1) is 5.92 Å². The molecule has 4 heteroatoms. The predicted octanol–water partition coefficient (Wildman–Crippen LogP) is 2.11. The zero-order valence-corrected chi connectivity index (χ0v) is 11.4. The quantitative estimate of drug-likeness (QED) is 0.583. The Morgan fingerprint density at radius 1 is 1.33 bits per heavy atom. The lowest BCUT2D eigenvalue weighted by atomic mass is 9.82. The molecule has 0 amide bonds. The Labute approximate surface area is 110 Å². The number of allylic oxidation sites excluding steroid dienone is 1. The zero-order chi connectivity index (χ0) is 12.8. The van der Waals surface area contributed by atoms with Crippen molar-refractivity contribution in [3.8, 4) is 0 Å². The monoisotopic (exact) mass is 254 g/mol. The lowest BCUT2D eigenvalue weighted by molar-refractivity contribution is -0.000617. The summed E-state index contributed by atoms with van der Waals surface area (Å²) in [5, 5.41) is 0. The molecule has 2 atom stereocenters. The number of nitrogens with one attached hydrogen (secondary N) is 1. The summed E-state index contributed by atoms with van der Waals surface area (Å²) < 4.78 is 11.5. The molecule has 2 aliphatic rings. The van der Waals surface area contributed by atoms with E-state index in [0.29, 0.717) is 5.92 Å². The standard InChI is InChI=1S/C14H26N2O2/c1-17-14(11-7-3-2-4-8-11)13(16-15)12-9-5-6-10-18-12/h9,11,13-14,16H,2-8,10,15H2,1H3. The van der Waals surface area contributed by atoms with Crippen LogP contribution in [0.15, 0.2) is 11.8 Å². The van der Waals surface area contributed by atoms with E-state index in [1.54, 1.807) is 7.11 Å². The van der Waals surface area contributed by atoms with Crippen LogP contribution in [0.5, 0.6) is 0 Å². The van der Waals surface area contributed by atoms with Gasteiger partial charge in [-0.15, -0.1) is 0 Å². The fourth-order valence-corrected chi connectivity index (χ4v) is 3.20. The molecule has 0 radical (unpaired) electrons. The van der Waals surface area contributed by atoms with Gasteiger partial charge in [0.05, 0.1) is 12.7 Å².